The summed E-state index contributed by atoms with van der Waals surface area (Å²) in [4.78, 5) is 14.8. The molecule has 0 radical (unpaired) electrons. The van der Waals surface area contributed by atoms with E-state index in [9.17, 15) is 26.7 Å². The number of amides is 1. The lowest BCUT2D eigenvalue weighted by atomic mass is 10.0. The number of hydrogen-bond donors (Lipinski definition) is 2. The predicted octanol–water partition coefficient (Wildman–Crippen LogP) is 1.13. The second-order valence-corrected chi connectivity index (χ2v) is 13.3. The number of nitrogens with zero attached hydrogens (tertiary/aromatic N) is 3. The van der Waals surface area contributed by atoms with Crippen LogP contribution in [0.25, 0.3) is 0 Å². The quantitative estimate of drug-likeness (QED) is 0.484. The number of likely N-dealkylation sites (N-methyl/N-ethyl adjacent to an activating group) is 1. The molecule has 3 atom stereocenters. The second kappa shape index (κ2) is 11.0. The molecule has 12 nitrogen and oxygen atoms in total. The number of rotatable bonds is 8. The fourth-order valence-electron chi connectivity index (χ4n) is 4.28. The Bertz CT molecular complexity index is 1340. The summed E-state index contributed by atoms with van der Waals surface area (Å²) in [5.41, 5.74) is 0.947. The van der Waals surface area contributed by atoms with Gasteiger partial charge in [0.25, 0.3) is 0 Å². The highest BCUT2D eigenvalue weighted by Crippen LogP contribution is 2.30. The lowest BCUT2D eigenvalue weighted by Gasteiger charge is -2.33. The van der Waals surface area contributed by atoms with Gasteiger partial charge in [0.1, 0.15) is 22.4 Å². The van der Waals surface area contributed by atoms with Crippen LogP contribution in [0.4, 0.5) is 5.69 Å². The number of anilines is 1. The standard InChI is InChI=1S/C23H34N4O8S2/c1-14-11-27(15(2)13-28)22(29)10-18-9-19(25-36(6,30)31)7-8-20(18)34-21(14)12-26(5)37(32,33)23-16(3)24-35-17(23)4/h7-9,14-15,21,25,28H,10-13H2,1-6H3/t14-,15+,21-/m0/s1. The number of aromatic nitrogens is 1. The van der Waals surface area contributed by atoms with Crippen LogP contribution >= 0.6 is 0 Å². The van der Waals surface area contributed by atoms with Crippen LogP contribution < -0.4 is 9.46 Å². The minimum atomic E-state index is -3.96. The monoisotopic (exact) mass is 558 g/mol. The van der Waals surface area contributed by atoms with Gasteiger partial charge in [-0.2, -0.15) is 4.31 Å². The molecule has 2 N–H and O–H groups in total. The average Bonchev–Trinajstić information content (AvgIpc) is 3.16. The molecular weight excluding hydrogens is 524 g/mol. The number of benzene rings is 1. The summed E-state index contributed by atoms with van der Waals surface area (Å²) in [6.07, 6.45) is 0.242. The molecule has 0 saturated heterocycles. The Labute approximate surface area is 217 Å². The first-order valence-electron chi connectivity index (χ1n) is 11.7. The molecule has 0 unspecified atom stereocenters. The number of aryl methyl sites for hydroxylation is 2. The molecule has 1 aliphatic heterocycles. The first-order chi connectivity index (χ1) is 17.1. The van der Waals surface area contributed by atoms with Crippen LogP contribution in [0, 0.1) is 19.8 Å². The molecular formula is C23H34N4O8S2. The zero-order valence-corrected chi connectivity index (χ0v) is 23.4. The Kier molecular flexibility index (Phi) is 8.57. The van der Waals surface area contributed by atoms with E-state index in [1.165, 1.54) is 35.3 Å². The third-order valence-electron chi connectivity index (χ3n) is 6.29. The molecule has 1 aromatic heterocycles. The molecule has 0 bridgehead atoms. The molecule has 0 aliphatic carbocycles. The highest BCUT2D eigenvalue weighted by atomic mass is 32.2. The van der Waals surface area contributed by atoms with E-state index in [0.29, 0.717) is 11.3 Å². The molecule has 3 rings (SSSR count). The molecule has 0 spiro atoms. The number of hydrogen-bond acceptors (Lipinski definition) is 9. The van der Waals surface area contributed by atoms with Gasteiger partial charge < -0.3 is 19.3 Å². The van der Waals surface area contributed by atoms with Crippen molar-refractivity contribution in [2.45, 2.75) is 51.2 Å². The molecule has 1 aromatic carbocycles. The summed E-state index contributed by atoms with van der Waals surface area (Å²) in [6.45, 7) is 6.54. The van der Waals surface area contributed by atoms with Gasteiger partial charge in [-0.05, 0) is 39.0 Å². The van der Waals surface area contributed by atoms with Crippen LogP contribution in [-0.4, -0.2) is 87.4 Å². The summed E-state index contributed by atoms with van der Waals surface area (Å²) in [5.74, 6) is -0.0874. The fraction of sp³-hybridized carbons (Fsp3) is 0.565. The molecule has 1 amide bonds. The van der Waals surface area contributed by atoms with E-state index in [0.717, 1.165) is 6.26 Å². The van der Waals surface area contributed by atoms with Gasteiger partial charge in [0.2, 0.25) is 26.0 Å². The lowest BCUT2D eigenvalue weighted by Crippen LogP contribution is -2.48. The summed E-state index contributed by atoms with van der Waals surface area (Å²) in [5, 5.41) is 13.5. The van der Waals surface area contributed by atoms with Gasteiger partial charge >= 0.3 is 0 Å². The Morgan fingerprint density at radius 1 is 1.27 bits per heavy atom. The van der Waals surface area contributed by atoms with E-state index < -0.39 is 32.2 Å². The van der Waals surface area contributed by atoms with E-state index in [1.54, 1.807) is 19.9 Å². The third-order valence-corrected chi connectivity index (χ3v) is 8.97. The fourth-order valence-corrected chi connectivity index (χ4v) is 6.30. The Hall–Kier alpha value is -2.68. The van der Waals surface area contributed by atoms with Gasteiger partial charge in [-0.25, -0.2) is 16.8 Å². The van der Waals surface area contributed by atoms with Crippen LogP contribution in [0.1, 0.15) is 30.9 Å². The van der Waals surface area contributed by atoms with E-state index in [1.807, 2.05) is 6.92 Å². The highest BCUT2D eigenvalue weighted by Gasteiger charge is 2.35. The SMILES string of the molecule is Cc1noc(C)c1S(=O)(=O)N(C)C[C@@H]1Oc2ccc(NS(C)(=O)=O)cc2CC(=O)N([C@H](C)CO)C[C@@H]1C. The highest BCUT2D eigenvalue weighted by molar-refractivity contribution is 7.92. The molecule has 2 aromatic rings. The smallest absolute Gasteiger partial charge is 0.248 e. The number of aliphatic hydroxyl groups is 1. The van der Waals surface area contributed by atoms with Gasteiger partial charge in [0, 0.05) is 30.8 Å². The molecule has 2 heterocycles. The number of fused-ring (bicyclic) bond motifs is 1. The zero-order valence-electron chi connectivity index (χ0n) is 21.8. The van der Waals surface area contributed by atoms with Crippen molar-refractivity contribution in [2.24, 2.45) is 5.92 Å². The van der Waals surface area contributed by atoms with Crippen molar-refractivity contribution in [3.63, 3.8) is 0 Å². The number of carbonyl (C=O) groups excluding carboxylic acids is 1. The van der Waals surface area contributed by atoms with Crippen molar-refractivity contribution in [3.8, 4) is 5.75 Å². The number of nitrogens with one attached hydrogen (secondary N) is 1. The van der Waals surface area contributed by atoms with Gasteiger partial charge in [0.15, 0.2) is 5.76 Å². The van der Waals surface area contributed by atoms with E-state index >= 15 is 0 Å². The second-order valence-electron chi connectivity index (χ2n) is 9.52. The Morgan fingerprint density at radius 2 is 1.95 bits per heavy atom. The number of aliphatic hydroxyl groups excluding tert-OH is 1. The molecule has 14 heteroatoms. The Balaban J connectivity index is 2.02. The third kappa shape index (κ3) is 6.61. The van der Waals surface area contributed by atoms with Crippen molar-refractivity contribution < 1.29 is 36.0 Å². The average molecular weight is 559 g/mol. The zero-order chi connectivity index (χ0) is 27.7. The van der Waals surface area contributed by atoms with Crippen molar-refractivity contribution in [3.05, 3.63) is 35.2 Å². The minimum absolute atomic E-state index is 0.00619. The van der Waals surface area contributed by atoms with E-state index in [-0.39, 0.29) is 60.0 Å². The van der Waals surface area contributed by atoms with Gasteiger partial charge in [-0.15, -0.1) is 0 Å². The van der Waals surface area contributed by atoms with Gasteiger partial charge in [-0.3, -0.25) is 9.52 Å². The maximum absolute atomic E-state index is 13.3. The normalized spacial score (nSPS) is 20.0. The molecule has 37 heavy (non-hydrogen) atoms. The number of sulfonamides is 2. The first-order valence-corrected chi connectivity index (χ1v) is 15.0. The van der Waals surface area contributed by atoms with Crippen molar-refractivity contribution in [1.82, 2.24) is 14.4 Å². The molecule has 0 fully saturated rings. The first kappa shape index (κ1) is 28.9. The lowest BCUT2D eigenvalue weighted by molar-refractivity contribution is -0.134. The summed E-state index contributed by atoms with van der Waals surface area (Å²) in [7, 11) is -6.08. The van der Waals surface area contributed by atoms with Crippen LogP contribution in [0.5, 0.6) is 5.75 Å². The topological polar surface area (TPSA) is 159 Å². The van der Waals surface area contributed by atoms with Crippen LogP contribution in [0.15, 0.2) is 27.6 Å². The van der Waals surface area contributed by atoms with Crippen LogP contribution in [-0.2, 0) is 31.3 Å². The number of ether oxygens (including phenoxy) is 1. The van der Waals surface area contributed by atoms with Crippen LogP contribution in [0.2, 0.25) is 0 Å². The van der Waals surface area contributed by atoms with Crippen molar-refractivity contribution in [1.29, 1.82) is 0 Å². The summed E-state index contributed by atoms with van der Waals surface area (Å²) in [6, 6.07) is 4.11. The maximum atomic E-state index is 13.3. The molecule has 206 valence electrons. The number of carbonyl (C=O) groups is 1. The summed E-state index contributed by atoms with van der Waals surface area (Å²) < 4.78 is 65.0. The summed E-state index contributed by atoms with van der Waals surface area (Å²) >= 11 is 0. The van der Waals surface area contributed by atoms with Gasteiger partial charge in [0.05, 0.1) is 31.9 Å². The maximum Gasteiger partial charge on any atom is 0.248 e. The van der Waals surface area contributed by atoms with Crippen LogP contribution in [0.3, 0.4) is 0 Å². The van der Waals surface area contributed by atoms with E-state index in [2.05, 4.69) is 9.88 Å². The van der Waals surface area contributed by atoms with Crippen molar-refractivity contribution >= 4 is 31.6 Å². The van der Waals surface area contributed by atoms with Crippen molar-refractivity contribution in [2.75, 3.05) is 37.7 Å². The van der Waals surface area contributed by atoms with Gasteiger partial charge in [-0.1, -0.05) is 12.1 Å². The molecule has 1 aliphatic rings. The Morgan fingerprint density at radius 3 is 2.51 bits per heavy atom. The predicted molar refractivity (Wildman–Crippen MR) is 136 cm³/mol. The molecule has 0 saturated carbocycles. The van der Waals surface area contributed by atoms with E-state index in [4.69, 9.17) is 9.26 Å². The minimum Gasteiger partial charge on any atom is -0.488 e. The largest absolute Gasteiger partial charge is 0.488 e.